The molecule has 2 atom stereocenters. The Morgan fingerprint density at radius 1 is 1.43 bits per heavy atom. The molecule has 2 aliphatic heterocycles. The van der Waals surface area contributed by atoms with Gasteiger partial charge in [0.2, 0.25) is 11.8 Å². The van der Waals surface area contributed by atoms with Crippen molar-refractivity contribution in [3.63, 3.8) is 0 Å². The molecule has 7 heteroatoms. The number of carbonyl (C=O) groups excluding carboxylic acids is 2. The first-order valence-electron chi connectivity index (χ1n) is 7.76. The van der Waals surface area contributed by atoms with Crippen LogP contribution >= 0.6 is 0 Å². The molecule has 2 unspecified atom stereocenters. The van der Waals surface area contributed by atoms with Crippen LogP contribution in [0.4, 0.5) is 5.69 Å². The number of ether oxygens (including phenoxy) is 2. The predicted octanol–water partition coefficient (Wildman–Crippen LogP) is -0.0949. The Kier molecular flexibility index (Phi) is 4.78. The van der Waals surface area contributed by atoms with Crippen molar-refractivity contribution >= 4 is 17.5 Å². The Labute approximate surface area is 134 Å². The highest BCUT2D eigenvalue weighted by Gasteiger charge is 2.36. The van der Waals surface area contributed by atoms with Crippen molar-refractivity contribution in [2.24, 2.45) is 0 Å². The number of morpholine rings is 1. The van der Waals surface area contributed by atoms with Gasteiger partial charge in [-0.25, -0.2) is 0 Å². The number of methoxy groups -OCH3 is 1. The number of amides is 2. The maximum absolute atomic E-state index is 12.6. The van der Waals surface area contributed by atoms with Crippen LogP contribution in [0.15, 0.2) is 24.3 Å². The molecule has 7 nitrogen and oxygen atoms in total. The van der Waals surface area contributed by atoms with Crippen LogP contribution in [0.1, 0.15) is 6.42 Å². The summed E-state index contributed by atoms with van der Waals surface area (Å²) in [6, 6.07) is 6.49. The van der Waals surface area contributed by atoms with Gasteiger partial charge in [0.1, 0.15) is 17.8 Å². The molecule has 23 heavy (non-hydrogen) atoms. The maximum atomic E-state index is 12.6. The number of benzene rings is 1. The lowest BCUT2D eigenvalue weighted by atomic mass is 10.2. The summed E-state index contributed by atoms with van der Waals surface area (Å²) < 4.78 is 10.6. The fourth-order valence-corrected chi connectivity index (χ4v) is 2.91. The van der Waals surface area contributed by atoms with E-state index in [2.05, 4.69) is 10.6 Å². The lowest BCUT2D eigenvalue weighted by Gasteiger charge is -2.24. The molecule has 2 N–H and O–H groups in total. The molecular weight excluding hydrogens is 298 g/mol. The van der Waals surface area contributed by atoms with Gasteiger partial charge in [-0.15, -0.1) is 0 Å². The molecule has 0 aromatic heterocycles. The minimum atomic E-state index is -0.504. The van der Waals surface area contributed by atoms with Gasteiger partial charge in [0.15, 0.2) is 0 Å². The molecule has 2 amide bonds. The van der Waals surface area contributed by atoms with Crippen molar-refractivity contribution in [1.82, 2.24) is 10.6 Å². The summed E-state index contributed by atoms with van der Waals surface area (Å²) in [4.78, 5) is 26.5. The first kappa shape index (κ1) is 15.8. The molecule has 0 saturated carbocycles. The Morgan fingerprint density at radius 2 is 2.26 bits per heavy atom. The quantitative estimate of drug-likeness (QED) is 0.810. The zero-order chi connectivity index (χ0) is 16.2. The molecule has 2 aliphatic rings. The van der Waals surface area contributed by atoms with Crippen LogP contribution in [0.5, 0.6) is 5.75 Å². The average Bonchev–Trinajstić information content (AvgIpc) is 2.96. The number of hydrogen-bond donors (Lipinski definition) is 2. The first-order chi connectivity index (χ1) is 11.2. The highest BCUT2D eigenvalue weighted by Crippen LogP contribution is 2.30. The molecular formula is C16H21N3O4. The number of nitrogens with zero attached hydrogens (tertiary/aromatic N) is 1. The van der Waals surface area contributed by atoms with Crippen molar-refractivity contribution in [3.8, 4) is 5.75 Å². The standard InChI is InChI=1S/C16H21N3O4/c1-22-14-5-3-2-4-13(14)19-8-6-11(16(19)21)18-15(20)12-10-23-9-7-17-12/h2-5,11-12,17H,6-10H2,1H3,(H,18,20). The van der Waals surface area contributed by atoms with E-state index in [1.807, 2.05) is 24.3 Å². The molecule has 2 heterocycles. The van der Waals surface area contributed by atoms with E-state index in [4.69, 9.17) is 9.47 Å². The van der Waals surface area contributed by atoms with Gasteiger partial charge in [-0.05, 0) is 18.6 Å². The molecule has 0 bridgehead atoms. The number of para-hydroxylation sites is 2. The Morgan fingerprint density at radius 3 is 3.00 bits per heavy atom. The third-order valence-electron chi connectivity index (χ3n) is 4.14. The minimum Gasteiger partial charge on any atom is -0.495 e. The van der Waals surface area contributed by atoms with Crippen molar-refractivity contribution in [1.29, 1.82) is 0 Å². The van der Waals surface area contributed by atoms with E-state index < -0.39 is 12.1 Å². The largest absolute Gasteiger partial charge is 0.495 e. The lowest BCUT2D eigenvalue weighted by molar-refractivity contribution is -0.129. The van der Waals surface area contributed by atoms with E-state index in [-0.39, 0.29) is 11.8 Å². The number of carbonyl (C=O) groups is 2. The third-order valence-corrected chi connectivity index (χ3v) is 4.14. The van der Waals surface area contributed by atoms with Crippen LogP contribution < -0.4 is 20.3 Å². The number of anilines is 1. The predicted molar refractivity (Wildman–Crippen MR) is 84.5 cm³/mol. The lowest BCUT2D eigenvalue weighted by Crippen LogP contribution is -2.54. The van der Waals surface area contributed by atoms with Crippen LogP contribution in [0.2, 0.25) is 0 Å². The van der Waals surface area contributed by atoms with Crippen LogP contribution in [0.25, 0.3) is 0 Å². The fourth-order valence-electron chi connectivity index (χ4n) is 2.91. The van der Waals surface area contributed by atoms with Crippen LogP contribution in [-0.4, -0.2) is 57.3 Å². The SMILES string of the molecule is COc1ccccc1N1CCC(NC(=O)C2COCCN2)C1=O. The molecule has 0 aliphatic carbocycles. The van der Waals surface area contributed by atoms with Gasteiger partial charge in [0.25, 0.3) is 0 Å². The van der Waals surface area contributed by atoms with Crippen molar-refractivity contribution in [3.05, 3.63) is 24.3 Å². The van der Waals surface area contributed by atoms with Crippen LogP contribution in [0.3, 0.4) is 0 Å². The zero-order valence-corrected chi connectivity index (χ0v) is 13.1. The monoisotopic (exact) mass is 319 g/mol. The summed E-state index contributed by atoms with van der Waals surface area (Å²) in [7, 11) is 1.58. The van der Waals surface area contributed by atoms with Gasteiger partial charge in [0.05, 0.1) is 26.0 Å². The second-order valence-electron chi connectivity index (χ2n) is 5.59. The molecule has 3 rings (SSSR count). The molecule has 0 radical (unpaired) electrons. The topological polar surface area (TPSA) is 79.9 Å². The Bertz CT molecular complexity index is 586. The number of nitrogens with one attached hydrogen (secondary N) is 2. The van der Waals surface area contributed by atoms with Gasteiger partial charge in [-0.3, -0.25) is 9.59 Å². The molecule has 0 spiro atoms. The van der Waals surface area contributed by atoms with Crippen molar-refractivity contribution in [2.75, 3.05) is 38.3 Å². The molecule has 1 aromatic carbocycles. The van der Waals surface area contributed by atoms with E-state index in [1.165, 1.54) is 0 Å². The Balaban J connectivity index is 1.65. The van der Waals surface area contributed by atoms with Gasteiger partial charge in [-0.1, -0.05) is 12.1 Å². The molecule has 2 saturated heterocycles. The van der Waals surface area contributed by atoms with Gasteiger partial charge < -0.3 is 25.0 Å². The highest BCUT2D eigenvalue weighted by molar-refractivity contribution is 6.02. The molecule has 124 valence electrons. The molecule has 2 fully saturated rings. The van der Waals surface area contributed by atoms with E-state index in [1.54, 1.807) is 12.0 Å². The normalized spacial score (nSPS) is 24.6. The fraction of sp³-hybridized carbons (Fsp3) is 0.500. The van der Waals surface area contributed by atoms with Gasteiger partial charge in [-0.2, -0.15) is 0 Å². The molecule has 1 aromatic rings. The first-order valence-corrected chi connectivity index (χ1v) is 7.76. The van der Waals surface area contributed by atoms with E-state index in [9.17, 15) is 9.59 Å². The minimum absolute atomic E-state index is 0.112. The zero-order valence-electron chi connectivity index (χ0n) is 13.1. The van der Waals surface area contributed by atoms with E-state index >= 15 is 0 Å². The average molecular weight is 319 g/mol. The summed E-state index contributed by atoms with van der Waals surface area (Å²) in [6.45, 7) is 2.14. The van der Waals surface area contributed by atoms with Crippen LogP contribution in [0, 0.1) is 0 Å². The summed E-state index contributed by atoms with van der Waals surface area (Å²) in [6.07, 6.45) is 0.580. The van der Waals surface area contributed by atoms with Gasteiger partial charge >= 0.3 is 0 Å². The van der Waals surface area contributed by atoms with Gasteiger partial charge in [0, 0.05) is 13.1 Å². The highest BCUT2D eigenvalue weighted by atomic mass is 16.5. The second-order valence-corrected chi connectivity index (χ2v) is 5.59. The van der Waals surface area contributed by atoms with E-state index in [0.29, 0.717) is 38.5 Å². The summed E-state index contributed by atoms with van der Waals surface area (Å²) in [5, 5.41) is 5.91. The Hall–Kier alpha value is -2.12. The number of hydrogen-bond acceptors (Lipinski definition) is 5. The van der Waals surface area contributed by atoms with Crippen LogP contribution in [-0.2, 0) is 14.3 Å². The third kappa shape index (κ3) is 3.30. The summed E-state index contributed by atoms with van der Waals surface area (Å²) in [5.74, 6) is 0.347. The smallest absolute Gasteiger partial charge is 0.249 e. The maximum Gasteiger partial charge on any atom is 0.249 e. The van der Waals surface area contributed by atoms with Crippen molar-refractivity contribution < 1.29 is 19.1 Å². The van der Waals surface area contributed by atoms with Crippen molar-refractivity contribution in [2.45, 2.75) is 18.5 Å². The number of rotatable bonds is 4. The van der Waals surface area contributed by atoms with E-state index in [0.717, 1.165) is 5.69 Å². The summed E-state index contributed by atoms with van der Waals surface area (Å²) >= 11 is 0. The second kappa shape index (κ2) is 6.97. The summed E-state index contributed by atoms with van der Waals surface area (Å²) in [5.41, 5.74) is 0.732.